The Hall–Kier alpha value is -1.06. The van der Waals surface area contributed by atoms with Crippen LogP contribution in [0.25, 0.3) is 0 Å². The Morgan fingerprint density at radius 2 is 2.29 bits per heavy atom. The highest BCUT2D eigenvalue weighted by Crippen LogP contribution is 2.15. The van der Waals surface area contributed by atoms with Gasteiger partial charge in [-0.25, -0.2) is 0 Å². The molecule has 3 heteroatoms. The van der Waals surface area contributed by atoms with Gasteiger partial charge in [0.1, 0.15) is 0 Å². The number of benzene rings is 1. The van der Waals surface area contributed by atoms with E-state index in [1.165, 1.54) is 5.56 Å². The molecule has 0 saturated carbocycles. The summed E-state index contributed by atoms with van der Waals surface area (Å²) in [7, 11) is 0. The number of anilines is 1. The summed E-state index contributed by atoms with van der Waals surface area (Å²) in [5, 5.41) is 12.8. The fourth-order valence-corrected chi connectivity index (χ4v) is 1.63. The first-order chi connectivity index (χ1) is 6.75. The molecule has 0 spiro atoms. The molecule has 2 N–H and O–H groups in total. The summed E-state index contributed by atoms with van der Waals surface area (Å²) in [4.78, 5) is 0. The van der Waals surface area contributed by atoms with E-state index in [0.29, 0.717) is 13.2 Å². The molecular formula is C11H15NO2. The average Bonchev–Trinajstić information content (AvgIpc) is 2.52. The quantitative estimate of drug-likeness (QED) is 0.740. The maximum atomic E-state index is 9.53. The third kappa shape index (κ3) is 2.05. The van der Waals surface area contributed by atoms with E-state index in [2.05, 4.69) is 11.4 Å². The number of aliphatic hydroxyl groups is 1. The lowest BCUT2D eigenvalue weighted by Gasteiger charge is -2.16. The first-order valence-corrected chi connectivity index (χ1v) is 4.85. The van der Waals surface area contributed by atoms with Gasteiger partial charge in [-0.2, -0.15) is 0 Å². The van der Waals surface area contributed by atoms with Gasteiger partial charge in [-0.05, 0) is 24.6 Å². The molecule has 1 heterocycles. The van der Waals surface area contributed by atoms with Gasteiger partial charge in [0.25, 0.3) is 0 Å². The SMILES string of the molecule is Cc1cccc(N[C@H]2COC[C@@H]2O)c1. The summed E-state index contributed by atoms with van der Waals surface area (Å²) in [6, 6.07) is 8.13. The first-order valence-electron chi connectivity index (χ1n) is 4.85. The van der Waals surface area contributed by atoms with Crippen molar-refractivity contribution in [1.29, 1.82) is 0 Å². The zero-order chi connectivity index (χ0) is 9.97. The predicted molar refractivity (Wildman–Crippen MR) is 55.4 cm³/mol. The lowest BCUT2D eigenvalue weighted by atomic mass is 10.1. The van der Waals surface area contributed by atoms with E-state index >= 15 is 0 Å². The Bertz CT molecular complexity index is 314. The topological polar surface area (TPSA) is 41.5 Å². The second-order valence-electron chi connectivity index (χ2n) is 3.73. The number of nitrogens with one attached hydrogen (secondary N) is 1. The molecule has 14 heavy (non-hydrogen) atoms. The van der Waals surface area contributed by atoms with Crippen LogP contribution in [0.5, 0.6) is 0 Å². The van der Waals surface area contributed by atoms with E-state index < -0.39 is 6.10 Å². The lowest BCUT2D eigenvalue weighted by Crippen LogP contribution is -2.31. The second kappa shape index (κ2) is 3.98. The molecule has 0 bridgehead atoms. The number of hydrogen-bond acceptors (Lipinski definition) is 3. The van der Waals surface area contributed by atoms with Crippen molar-refractivity contribution >= 4 is 5.69 Å². The van der Waals surface area contributed by atoms with Gasteiger partial charge >= 0.3 is 0 Å². The fraction of sp³-hybridized carbons (Fsp3) is 0.455. The minimum atomic E-state index is -0.393. The van der Waals surface area contributed by atoms with E-state index in [1.54, 1.807) is 0 Å². The zero-order valence-corrected chi connectivity index (χ0v) is 8.23. The van der Waals surface area contributed by atoms with Gasteiger partial charge in [-0.15, -0.1) is 0 Å². The summed E-state index contributed by atoms with van der Waals surface area (Å²) in [5.74, 6) is 0. The average molecular weight is 193 g/mol. The van der Waals surface area contributed by atoms with Crippen LogP contribution in [0, 0.1) is 6.92 Å². The second-order valence-corrected chi connectivity index (χ2v) is 3.73. The molecule has 0 radical (unpaired) electrons. The Kier molecular flexibility index (Phi) is 2.70. The van der Waals surface area contributed by atoms with Crippen LogP contribution in [-0.2, 0) is 4.74 Å². The van der Waals surface area contributed by atoms with Gasteiger partial charge < -0.3 is 15.2 Å². The van der Waals surface area contributed by atoms with Crippen molar-refractivity contribution in [1.82, 2.24) is 0 Å². The smallest absolute Gasteiger partial charge is 0.0996 e. The summed E-state index contributed by atoms with van der Waals surface area (Å²) >= 11 is 0. The Morgan fingerprint density at radius 3 is 2.93 bits per heavy atom. The molecule has 1 fully saturated rings. The van der Waals surface area contributed by atoms with Gasteiger partial charge in [0.15, 0.2) is 0 Å². The Balaban J connectivity index is 2.03. The van der Waals surface area contributed by atoms with Gasteiger partial charge in [0.2, 0.25) is 0 Å². The van der Waals surface area contributed by atoms with Crippen LogP contribution in [0.3, 0.4) is 0 Å². The van der Waals surface area contributed by atoms with Gasteiger partial charge in [0.05, 0.1) is 25.4 Å². The van der Waals surface area contributed by atoms with E-state index in [4.69, 9.17) is 4.74 Å². The normalized spacial score (nSPS) is 26.4. The van der Waals surface area contributed by atoms with E-state index in [1.807, 2.05) is 25.1 Å². The maximum absolute atomic E-state index is 9.53. The van der Waals surface area contributed by atoms with Gasteiger partial charge in [0, 0.05) is 5.69 Å². The Morgan fingerprint density at radius 1 is 1.43 bits per heavy atom. The largest absolute Gasteiger partial charge is 0.388 e. The van der Waals surface area contributed by atoms with E-state index in [0.717, 1.165) is 5.69 Å². The third-order valence-corrected chi connectivity index (χ3v) is 2.42. The standard InChI is InChI=1S/C11H15NO2/c1-8-3-2-4-9(5-8)12-10-6-14-7-11(10)13/h2-5,10-13H,6-7H2,1H3/t10-,11-/m0/s1. The van der Waals surface area contributed by atoms with Crippen LogP contribution < -0.4 is 5.32 Å². The molecule has 1 aromatic carbocycles. The molecule has 1 aliphatic heterocycles. The minimum absolute atomic E-state index is 0.0248. The van der Waals surface area contributed by atoms with E-state index in [9.17, 15) is 5.11 Å². The molecule has 1 saturated heterocycles. The number of aliphatic hydroxyl groups excluding tert-OH is 1. The molecule has 76 valence electrons. The molecule has 2 atom stereocenters. The van der Waals surface area contributed by atoms with Crippen LogP contribution in [0.4, 0.5) is 5.69 Å². The summed E-state index contributed by atoms with van der Waals surface area (Å²) in [6.07, 6.45) is -0.393. The maximum Gasteiger partial charge on any atom is 0.0996 e. The highest BCUT2D eigenvalue weighted by molar-refractivity contribution is 5.46. The Labute approximate surface area is 83.7 Å². The van der Waals surface area contributed by atoms with Crippen LogP contribution in [0.15, 0.2) is 24.3 Å². The molecular weight excluding hydrogens is 178 g/mol. The van der Waals surface area contributed by atoms with Crippen molar-refractivity contribution in [3.63, 3.8) is 0 Å². The van der Waals surface area contributed by atoms with Crippen molar-refractivity contribution in [3.8, 4) is 0 Å². The molecule has 3 nitrogen and oxygen atoms in total. The number of hydrogen-bond donors (Lipinski definition) is 2. The summed E-state index contributed by atoms with van der Waals surface area (Å²) in [6.45, 7) is 3.06. The van der Waals surface area contributed by atoms with Crippen molar-refractivity contribution in [2.75, 3.05) is 18.5 Å². The van der Waals surface area contributed by atoms with Gasteiger partial charge in [-0.1, -0.05) is 12.1 Å². The molecule has 0 unspecified atom stereocenters. The molecule has 1 aromatic rings. The highest BCUT2D eigenvalue weighted by atomic mass is 16.5. The van der Waals surface area contributed by atoms with Crippen molar-refractivity contribution < 1.29 is 9.84 Å². The molecule has 0 amide bonds. The number of aryl methyl sites for hydroxylation is 1. The molecule has 0 aliphatic carbocycles. The van der Waals surface area contributed by atoms with Gasteiger partial charge in [-0.3, -0.25) is 0 Å². The van der Waals surface area contributed by atoms with Crippen LogP contribution in [-0.4, -0.2) is 30.5 Å². The predicted octanol–water partition coefficient (Wildman–Crippen LogP) is 1.17. The van der Waals surface area contributed by atoms with Crippen molar-refractivity contribution in [2.45, 2.75) is 19.1 Å². The third-order valence-electron chi connectivity index (χ3n) is 2.42. The number of rotatable bonds is 2. The van der Waals surface area contributed by atoms with Crippen molar-refractivity contribution in [2.24, 2.45) is 0 Å². The fourth-order valence-electron chi connectivity index (χ4n) is 1.63. The zero-order valence-electron chi connectivity index (χ0n) is 8.23. The number of ether oxygens (including phenoxy) is 1. The minimum Gasteiger partial charge on any atom is -0.388 e. The monoisotopic (exact) mass is 193 g/mol. The molecule has 2 rings (SSSR count). The molecule has 1 aliphatic rings. The lowest BCUT2D eigenvalue weighted by molar-refractivity contribution is 0.125. The van der Waals surface area contributed by atoms with Crippen LogP contribution >= 0.6 is 0 Å². The summed E-state index contributed by atoms with van der Waals surface area (Å²) in [5.41, 5.74) is 2.25. The van der Waals surface area contributed by atoms with Crippen LogP contribution in [0.2, 0.25) is 0 Å². The first kappa shape index (κ1) is 9.49. The highest BCUT2D eigenvalue weighted by Gasteiger charge is 2.25. The van der Waals surface area contributed by atoms with Crippen molar-refractivity contribution in [3.05, 3.63) is 29.8 Å². The van der Waals surface area contributed by atoms with Crippen LogP contribution in [0.1, 0.15) is 5.56 Å². The summed E-state index contributed by atoms with van der Waals surface area (Å²) < 4.78 is 5.16. The van der Waals surface area contributed by atoms with E-state index in [-0.39, 0.29) is 6.04 Å². The molecule has 0 aromatic heterocycles.